The standard InChI is InChI=1S/C17H17FN2O5S/c1-10-13(4-6-25-10)17(22)20-15-8-12(2-3-14(15)18)19-16(21)11-5-7-26(23,24)9-11/h2-4,6,8,11H,5,7,9H2,1H3,(H,19,21)(H,20,22). The number of halogens is 1. The summed E-state index contributed by atoms with van der Waals surface area (Å²) in [5.74, 6) is -2.09. The minimum absolute atomic E-state index is 0.0140. The summed E-state index contributed by atoms with van der Waals surface area (Å²) >= 11 is 0. The molecule has 2 amide bonds. The lowest BCUT2D eigenvalue weighted by Gasteiger charge is -2.12. The normalized spacial score (nSPS) is 18.5. The zero-order chi connectivity index (χ0) is 18.9. The summed E-state index contributed by atoms with van der Waals surface area (Å²) in [7, 11) is -3.18. The molecule has 0 aliphatic carbocycles. The lowest BCUT2D eigenvalue weighted by atomic mass is 10.1. The Balaban J connectivity index is 1.72. The van der Waals surface area contributed by atoms with E-state index < -0.39 is 33.4 Å². The zero-order valence-corrected chi connectivity index (χ0v) is 14.7. The lowest BCUT2D eigenvalue weighted by Crippen LogP contribution is -2.23. The van der Waals surface area contributed by atoms with Gasteiger partial charge in [0.2, 0.25) is 5.91 Å². The second-order valence-electron chi connectivity index (χ2n) is 6.13. The van der Waals surface area contributed by atoms with E-state index in [9.17, 15) is 22.4 Å². The Hall–Kier alpha value is -2.68. The molecule has 7 nitrogen and oxygen atoms in total. The predicted octanol–water partition coefficient (Wildman–Crippen LogP) is 2.35. The number of sulfone groups is 1. The number of hydrogen-bond acceptors (Lipinski definition) is 5. The van der Waals surface area contributed by atoms with Gasteiger partial charge in [-0.3, -0.25) is 9.59 Å². The summed E-state index contributed by atoms with van der Waals surface area (Å²) in [5.41, 5.74) is 0.433. The second kappa shape index (κ2) is 6.91. The molecule has 0 saturated carbocycles. The van der Waals surface area contributed by atoms with Gasteiger partial charge in [0.15, 0.2) is 9.84 Å². The first-order valence-electron chi connectivity index (χ1n) is 7.91. The number of rotatable bonds is 4. The van der Waals surface area contributed by atoms with Crippen molar-refractivity contribution >= 4 is 33.0 Å². The average Bonchev–Trinajstić information content (AvgIpc) is 3.16. The van der Waals surface area contributed by atoms with Crippen LogP contribution in [-0.2, 0) is 14.6 Å². The highest BCUT2D eigenvalue weighted by molar-refractivity contribution is 7.91. The largest absolute Gasteiger partial charge is 0.469 e. The van der Waals surface area contributed by atoms with Crippen molar-refractivity contribution in [1.29, 1.82) is 0 Å². The van der Waals surface area contributed by atoms with Crippen LogP contribution in [0.4, 0.5) is 15.8 Å². The van der Waals surface area contributed by atoms with Crippen molar-refractivity contribution in [1.82, 2.24) is 0 Å². The monoisotopic (exact) mass is 380 g/mol. The van der Waals surface area contributed by atoms with Crippen LogP contribution in [0, 0.1) is 18.7 Å². The van der Waals surface area contributed by atoms with E-state index in [1.54, 1.807) is 6.92 Å². The van der Waals surface area contributed by atoms with Crippen molar-refractivity contribution < 1.29 is 26.8 Å². The molecule has 138 valence electrons. The third-order valence-electron chi connectivity index (χ3n) is 4.19. The van der Waals surface area contributed by atoms with Crippen LogP contribution in [0.3, 0.4) is 0 Å². The first-order chi connectivity index (χ1) is 12.2. The van der Waals surface area contributed by atoms with Gasteiger partial charge in [-0.1, -0.05) is 0 Å². The molecule has 0 radical (unpaired) electrons. The molecule has 2 aromatic rings. The quantitative estimate of drug-likeness (QED) is 0.847. The number of carbonyl (C=O) groups excluding carboxylic acids is 2. The number of furan rings is 1. The molecule has 0 spiro atoms. The third kappa shape index (κ3) is 3.93. The third-order valence-corrected chi connectivity index (χ3v) is 5.96. The van der Waals surface area contributed by atoms with E-state index in [1.165, 1.54) is 24.5 Å². The molecule has 1 fully saturated rings. The van der Waals surface area contributed by atoms with Crippen molar-refractivity contribution in [3.05, 3.63) is 47.7 Å². The van der Waals surface area contributed by atoms with Gasteiger partial charge in [-0.15, -0.1) is 0 Å². The highest BCUT2D eigenvalue weighted by Gasteiger charge is 2.33. The molecule has 2 N–H and O–H groups in total. The SMILES string of the molecule is Cc1occc1C(=O)Nc1cc(NC(=O)C2CCS(=O)(=O)C2)ccc1F. The van der Waals surface area contributed by atoms with Gasteiger partial charge in [0.25, 0.3) is 5.91 Å². The van der Waals surface area contributed by atoms with Crippen LogP contribution in [0.2, 0.25) is 0 Å². The van der Waals surface area contributed by atoms with E-state index in [2.05, 4.69) is 10.6 Å². The Morgan fingerprint density at radius 2 is 2.00 bits per heavy atom. The predicted molar refractivity (Wildman–Crippen MR) is 93.2 cm³/mol. The Bertz CT molecular complexity index is 967. The van der Waals surface area contributed by atoms with Gasteiger partial charge in [-0.2, -0.15) is 0 Å². The highest BCUT2D eigenvalue weighted by atomic mass is 32.2. The number of hydrogen-bond donors (Lipinski definition) is 2. The van der Waals surface area contributed by atoms with Crippen molar-refractivity contribution in [3.63, 3.8) is 0 Å². The van der Waals surface area contributed by atoms with Crippen LogP contribution in [0.1, 0.15) is 22.5 Å². The van der Waals surface area contributed by atoms with Gasteiger partial charge in [-0.25, -0.2) is 12.8 Å². The van der Waals surface area contributed by atoms with Crippen LogP contribution in [0.25, 0.3) is 0 Å². The van der Waals surface area contributed by atoms with Gasteiger partial charge in [-0.05, 0) is 37.6 Å². The molecule has 3 rings (SSSR count). The van der Waals surface area contributed by atoms with Gasteiger partial charge >= 0.3 is 0 Å². The number of aryl methyl sites for hydroxylation is 1. The molecule has 1 aliphatic heterocycles. The summed E-state index contributed by atoms with van der Waals surface area (Å²) in [5, 5.41) is 5.00. The first kappa shape index (κ1) is 18.1. The van der Waals surface area contributed by atoms with Crippen molar-refractivity contribution in [2.75, 3.05) is 22.1 Å². The molecule has 0 bridgehead atoms. The van der Waals surface area contributed by atoms with Crippen molar-refractivity contribution in [2.24, 2.45) is 5.92 Å². The molecular formula is C17H17FN2O5S. The van der Waals surface area contributed by atoms with E-state index in [0.29, 0.717) is 5.76 Å². The van der Waals surface area contributed by atoms with Gasteiger partial charge in [0, 0.05) is 5.69 Å². The number of carbonyl (C=O) groups is 2. The number of nitrogens with one attached hydrogen (secondary N) is 2. The molecule has 1 atom stereocenters. The smallest absolute Gasteiger partial charge is 0.259 e. The van der Waals surface area contributed by atoms with Crippen LogP contribution in [0.5, 0.6) is 0 Å². The van der Waals surface area contributed by atoms with Crippen molar-refractivity contribution in [3.8, 4) is 0 Å². The fourth-order valence-electron chi connectivity index (χ4n) is 2.76. The van der Waals surface area contributed by atoms with Crippen LogP contribution in [-0.4, -0.2) is 31.7 Å². The Morgan fingerprint density at radius 3 is 2.62 bits per heavy atom. The summed E-state index contributed by atoms with van der Waals surface area (Å²) in [6.07, 6.45) is 1.62. The van der Waals surface area contributed by atoms with E-state index in [0.717, 1.165) is 6.07 Å². The maximum absolute atomic E-state index is 14.0. The summed E-state index contributed by atoms with van der Waals surface area (Å²) in [6.45, 7) is 1.61. The second-order valence-corrected chi connectivity index (χ2v) is 8.36. The van der Waals surface area contributed by atoms with Gasteiger partial charge in [0.05, 0.1) is 34.9 Å². The molecule has 1 aliphatic rings. The minimum Gasteiger partial charge on any atom is -0.469 e. The summed E-state index contributed by atoms with van der Waals surface area (Å²) < 4.78 is 42.0. The van der Waals surface area contributed by atoms with Gasteiger partial charge in [0.1, 0.15) is 11.6 Å². The van der Waals surface area contributed by atoms with Crippen LogP contribution < -0.4 is 10.6 Å². The molecule has 26 heavy (non-hydrogen) atoms. The molecule has 2 heterocycles. The van der Waals surface area contributed by atoms with Gasteiger partial charge < -0.3 is 15.1 Å². The van der Waals surface area contributed by atoms with E-state index in [4.69, 9.17) is 4.42 Å². The van der Waals surface area contributed by atoms with E-state index in [1.807, 2.05) is 0 Å². The Morgan fingerprint density at radius 1 is 1.23 bits per heavy atom. The number of anilines is 2. The number of benzene rings is 1. The zero-order valence-electron chi connectivity index (χ0n) is 13.9. The summed E-state index contributed by atoms with van der Waals surface area (Å²) in [6, 6.07) is 5.20. The Labute approximate surface area is 149 Å². The first-order valence-corrected chi connectivity index (χ1v) is 9.73. The Kier molecular flexibility index (Phi) is 4.82. The fraction of sp³-hybridized carbons (Fsp3) is 0.294. The van der Waals surface area contributed by atoms with Crippen LogP contribution >= 0.6 is 0 Å². The molecular weight excluding hydrogens is 363 g/mol. The molecule has 1 unspecified atom stereocenters. The minimum atomic E-state index is -3.18. The van der Waals surface area contributed by atoms with Crippen molar-refractivity contribution in [2.45, 2.75) is 13.3 Å². The molecule has 1 aromatic carbocycles. The fourth-order valence-corrected chi connectivity index (χ4v) is 4.50. The highest BCUT2D eigenvalue weighted by Crippen LogP contribution is 2.24. The molecule has 9 heteroatoms. The lowest BCUT2D eigenvalue weighted by molar-refractivity contribution is -0.119. The van der Waals surface area contributed by atoms with Crippen LogP contribution in [0.15, 0.2) is 34.9 Å². The maximum Gasteiger partial charge on any atom is 0.259 e. The topological polar surface area (TPSA) is 105 Å². The van der Waals surface area contributed by atoms with E-state index in [-0.39, 0.29) is 34.9 Å². The number of amides is 2. The van der Waals surface area contributed by atoms with E-state index >= 15 is 0 Å². The molecule has 1 saturated heterocycles. The average molecular weight is 380 g/mol. The molecule has 1 aromatic heterocycles. The maximum atomic E-state index is 14.0. The summed E-state index contributed by atoms with van der Waals surface area (Å²) in [4.78, 5) is 24.4.